The van der Waals surface area contributed by atoms with Gasteiger partial charge in [-0.1, -0.05) is 12.1 Å². The van der Waals surface area contributed by atoms with Gasteiger partial charge in [-0.15, -0.1) is 0 Å². The number of hydrogen-bond donors (Lipinski definition) is 1. The third-order valence-electron chi connectivity index (χ3n) is 3.73. The zero-order valence-corrected chi connectivity index (χ0v) is 12.1. The summed E-state index contributed by atoms with van der Waals surface area (Å²) < 4.78 is 11.0. The third kappa shape index (κ3) is 3.69. The number of rotatable bonds is 6. The van der Waals surface area contributed by atoms with Crippen molar-refractivity contribution in [2.45, 2.75) is 18.6 Å². The van der Waals surface area contributed by atoms with Crippen LogP contribution >= 0.6 is 0 Å². The second-order valence-corrected chi connectivity index (χ2v) is 5.35. The predicted octanol–water partition coefficient (Wildman–Crippen LogP) is 1.65. The first kappa shape index (κ1) is 14.3. The summed E-state index contributed by atoms with van der Waals surface area (Å²) in [6.45, 7) is 3.18. The highest BCUT2D eigenvalue weighted by Gasteiger charge is 2.34. The monoisotopic (exact) mass is 264 g/mol. The number of nitrogens with one attached hydrogen (secondary N) is 1. The average Bonchev–Trinajstić information content (AvgIpc) is 2.89. The fraction of sp³-hybridized carbons (Fsp3) is 0.600. The lowest BCUT2D eigenvalue weighted by atomic mass is 10.0. The standard InChI is InChI=1S/C15H24N2O2/c1-17(2)14-6-4-13(5-7-14)10-16-11-15(18-3)8-9-19-12-15/h4-7,16H,8-12H2,1-3H3. The van der Waals surface area contributed by atoms with Crippen molar-refractivity contribution in [1.82, 2.24) is 5.32 Å². The Morgan fingerprint density at radius 1 is 1.32 bits per heavy atom. The number of hydrogen-bond acceptors (Lipinski definition) is 4. The summed E-state index contributed by atoms with van der Waals surface area (Å²) >= 11 is 0. The van der Waals surface area contributed by atoms with E-state index in [-0.39, 0.29) is 5.60 Å². The molecule has 19 heavy (non-hydrogen) atoms. The predicted molar refractivity (Wildman–Crippen MR) is 77.7 cm³/mol. The molecule has 1 heterocycles. The van der Waals surface area contributed by atoms with E-state index in [4.69, 9.17) is 9.47 Å². The molecule has 0 radical (unpaired) electrons. The first-order valence-corrected chi connectivity index (χ1v) is 6.75. The normalized spacial score (nSPS) is 22.7. The molecule has 1 aromatic rings. The van der Waals surface area contributed by atoms with Crippen LogP contribution in [-0.4, -0.2) is 46.6 Å². The van der Waals surface area contributed by atoms with Gasteiger partial charge in [0.1, 0.15) is 5.60 Å². The van der Waals surface area contributed by atoms with Crippen molar-refractivity contribution in [2.75, 3.05) is 45.9 Å². The summed E-state index contributed by atoms with van der Waals surface area (Å²) in [7, 11) is 5.87. The molecular formula is C15H24N2O2. The second kappa shape index (κ2) is 6.37. The van der Waals surface area contributed by atoms with E-state index in [1.165, 1.54) is 11.3 Å². The van der Waals surface area contributed by atoms with Crippen LogP contribution in [0.15, 0.2) is 24.3 Å². The molecule has 0 spiro atoms. The van der Waals surface area contributed by atoms with Crippen molar-refractivity contribution in [3.63, 3.8) is 0 Å². The molecule has 1 aliphatic rings. The summed E-state index contributed by atoms with van der Waals surface area (Å²) in [5.41, 5.74) is 2.38. The molecular weight excluding hydrogens is 240 g/mol. The summed E-state index contributed by atoms with van der Waals surface area (Å²) in [6.07, 6.45) is 0.968. The molecule has 1 saturated heterocycles. The van der Waals surface area contributed by atoms with Crippen LogP contribution in [0.5, 0.6) is 0 Å². The molecule has 4 nitrogen and oxygen atoms in total. The van der Waals surface area contributed by atoms with Gasteiger partial charge >= 0.3 is 0 Å². The van der Waals surface area contributed by atoms with E-state index < -0.39 is 0 Å². The highest BCUT2D eigenvalue weighted by Crippen LogP contribution is 2.21. The van der Waals surface area contributed by atoms with Crippen molar-refractivity contribution in [2.24, 2.45) is 0 Å². The topological polar surface area (TPSA) is 33.7 Å². The smallest absolute Gasteiger partial charge is 0.106 e. The second-order valence-electron chi connectivity index (χ2n) is 5.35. The number of ether oxygens (including phenoxy) is 2. The van der Waals surface area contributed by atoms with Gasteiger partial charge in [-0.3, -0.25) is 0 Å². The quantitative estimate of drug-likeness (QED) is 0.847. The Labute approximate surface area is 115 Å². The van der Waals surface area contributed by atoms with E-state index in [1.54, 1.807) is 7.11 Å². The maximum absolute atomic E-state index is 5.59. The number of anilines is 1. The van der Waals surface area contributed by atoms with Crippen LogP contribution in [-0.2, 0) is 16.0 Å². The van der Waals surface area contributed by atoms with Crippen LogP contribution in [0.25, 0.3) is 0 Å². The van der Waals surface area contributed by atoms with Gasteiger partial charge in [0, 0.05) is 53.0 Å². The van der Waals surface area contributed by atoms with Crippen molar-refractivity contribution < 1.29 is 9.47 Å². The van der Waals surface area contributed by atoms with Crippen LogP contribution in [0.2, 0.25) is 0 Å². The molecule has 1 unspecified atom stereocenters. The molecule has 0 amide bonds. The molecule has 1 atom stereocenters. The van der Waals surface area contributed by atoms with Gasteiger partial charge in [0.2, 0.25) is 0 Å². The SMILES string of the molecule is COC1(CNCc2ccc(N(C)C)cc2)CCOC1. The van der Waals surface area contributed by atoms with Gasteiger partial charge in [0.05, 0.1) is 6.61 Å². The van der Waals surface area contributed by atoms with Gasteiger partial charge in [-0.25, -0.2) is 0 Å². The molecule has 1 fully saturated rings. The highest BCUT2D eigenvalue weighted by atomic mass is 16.5. The van der Waals surface area contributed by atoms with Crippen LogP contribution in [0, 0.1) is 0 Å². The Hall–Kier alpha value is -1.10. The fourth-order valence-electron chi connectivity index (χ4n) is 2.31. The van der Waals surface area contributed by atoms with Gasteiger partial charge in [-0.05, 0) is 17.7 Å². The Morgan fingerprint density at radius 3 is 2.58 bits per heavy atom. The molecule has 0 bridgehead atoms. The van der Waals surface area contributed by atoms with Crippen LogP contribution < -0.4 is 10.2 Å². The van der Waals surface area contributed by atoms with Crippen molar-refractivity contribution in [1.29, 1.82) is 0 Å². The third-order valence-corrected chi connectivity index (χ3v) is 3.73. The highest BCUT2D eigenvalue weighted by molar-refractivity contribution is 5.45. The molecule has 1 aliphatic heterocycles. The molecule has 106 valence electrons. The van der Waals surface area contributed by atoms with E-state index in [1.807, 2.05) is 0 Å². The van der Waals surface area contributed by atoms with Gasteiger partial charge in [0.15, 0.2) is 0 Å². The Morgan fingerprint density at radius 2 is 2.05 bits per heavy atom. The fourth-order valence-corrected chi connectivity index (χ4v) is 2.31. The molecule has 0 aromatic heterocycles. The molecule has 0 saturated carbocycles. The van der Waals surface area contributed by atoms with Crippen LogP contribution in [0.3, 0.4) is 0 Å². The van der Waals surface area contributed by atoms with Crippen LogP contribution in [0.4, 0.5) is 5.69 Å². The van der Waals surface area contributed by atoms with Gasteiger partial charge < -0.3 is 19.7 Å². The number of nitrogens with zero attached hydrogens (tertiary/aromatic N) is 1. The average molecular weight is 264 g/mol. The zero-order chi connectivity index (χ0) is 13.7. The minimum atomic E-state index is -0.135. The van der Waals surface area contributed by atoms with E-state index in [2.05, 4.69) is 48.6 Å². The first-order chi connectivity index (χ1) is 9.15. The Balaban J connectivity index is 1.82. The molecule has 4 heteroatoms. The summed E-state index contributed by atoms with van der Waals surface area (Å²) in [4.78, 5) is 2.10. The molecule has 0 aliphatic carbocycles. The van der Waals surface area contributed by atoms with E-state index in [0.717, 1.165) is 26.1 Å². The maximum atomic E-state index is 5.59. The van der Waals surface area contributed by atoms with Crippen molar-refractivity contribution >= 4 is 5.69 Å². The first-order valence-electron chi connectivity index (χ1n) is 6.75. The Bertz CT molecular complexity index is 384. The molecule has 1 N–H and O–H groups in total. The summed E-state index contributed by atoms with van der Waals surface area (Å²) in [6, 6.07) is 8.60. The summed E-state index contributed by atoms with van der Waals surface area (Å²) in [5.74, 6) is 0. The number of benzene rings is 1. The largest absolute Gasteiger partial charge is 0.378 e. The minimum absolute atomic E-state index is 0.135. The lowest BCUT2D eigenvalue weighted by molar-refractivity contribution is -0.0159. The zero-order valence-electron chi connectivity index (χ0n) is 12.1. The Kier molecular flexibility index (Phi) is 4.80. The lowest BCUT2D eigenvalue weighted by Crippen LogP contribution is -2.42. The molecule has 2 rings (SSSR count). The van der Waals surface area contributed by atoms with Crippen molar-refractivity contribution in [3.05, 3.63) is 29.8 Å². The van der Waals surface area contributed by atoms with E-state index >= 15 is 0 Å². The van der Waals surface area contributed by atoms with E-state index in [9.17, 15) is 0 Å². The van der Waals surface area contributed by atoms with Gasteiger partial charge in [-0.2, -0.15) is 0 Å². The summed E-state index contributed by atoms with van der Waals surface area (Å²) in [5, 5.41) is 3.47. The number of methoxy groups -OCH3 is 1. The maximum Gasteiger partial charge on any atom is 0.106 e. The van der Waals surface area contributed by atoms with Crippen LogP contribution in [0.1, 0.15) is 12.0 Å². The van der Waals surface area contributed by atoms with Crippen molar-refractivity contribution in [3.8, 4) is 0 Å². The van der Waals surface area contributed by atoms with Gasteiger partial charge in [0.25, 0.3) is 0 Å². The molecule has 1 aromatic carbocycles. The lowest BCUT2D eigenvalue weighted by Gasteiger charge is -2.26. The minimum Gasteiger partial charge on any atom is -0.378 e. The van der Waals surface area contributed by atoms with E-state index in [0.29, 0.717) is 6.61 Å².